The summed E-state index contributed by atoms with van der Waals surface area (Å²) >= 11 is 6.29. The molecule has 1 amide bonds. The number of hydrogen-bond acceptors (Lipinski definition) is 6. The Kier molecular flexibility index (Phi) is 8.13. The number of pyridine rings is 1. The topological polar surface area (TPSA) is 123 Å². The summed E-state index contributed by atoms with van der Waals surface area (Å²) in [6, 6.07) is 6.87. The Morgan fingerprint density at radius 1 is 1.17 bits per heavy atom. The van der Waals surface area contributed by atoms with Crippen LogP contribution in [0.3, 0.4) is 0 Å². The number of halogens is 2. The molecule has 2 heterocycles. The van der Waals surface area contributed by atoms with Crippen molar-refractivity contribution < 1.29 is 26.0 Å². The predicted molar refractivity (Wildman–Crippen MR) is 136 cm³/mol. The lowest BCUT2D eigenvalue weighted by molar-refractivity contribution is -0.135. The number of piperidine rings is 1. The molecule has 1 aromatic heterocycles. The van der Waals surface area contributed by atoms with E-state index in [1.807, 2.05) is 0 Å². The van der Waals surface area contributed by atoms with Gasteiger partial charge in [-0.1, -0.05) is 35.9 Å². The maximum Gasteiger partial charge on any atom is 0.258 e. The van der Waals surface area contributed by atoms with Gasteiger partial charge >= 0.3 is 0 Å². The number of nitrogens with one attached hydrogen (secondary N) is 1. The third kappa shape index (κ3) is 6.23. The van der Waals surface area contributed by atoms with Crippen molar-refractivity contribution in [2.45, 2.75) is 36.4 Å². The maximum absolute atomic E-state index is 15.4. The van der Waals surface area contributed by atoms with Gasteiger partial charge in [0.25, 0.3) is 11.5 Å². The Labute approximate surface area is 214 Å². The van der Waals surface area contributed by atoms with E-state index >= 15 is 4.39 Å². The summed E-state index contributed by atoms with van der Waals surface area (Å²) in [7, 11) is -6.16. The quantitative estimate of drug-likeness (QED) is 0.555. The molecule has 1 aliphatic rings. The Hall–Kier alpha value is -2.54. The molecular formula is C23H27ClFN3O6S2. The molecule has 1 N–H and O–H groups in total. The van der Waals surface area contributed by atoms with Crippen LogP contribution in [-0.4, -0.2) is 62.7 Å². The third-order valence-corrected chi connectivity index (χ3v) is 8.79. The third-order valence-electron chi connectivity index (χ3n) is 5.87. The van der Waals surface area contributed by atoms with Crippen LogP contribution in [0.2, 0.25) is 5.02 Å². The van der Waals surface area contributed by atoms with E-state index in [1.165, 1.54) is 30.8 Å². The predicted octanol–water partition coefficient (Wildman–Crippen LogP) is 2.26. The number of amides is 1. The zero-order valence-electron chi connectivity index (χ0n) is 19.9. The van der Waals surface area contributed by atoms with Gasteiger partial charge in [0.15, 0.2) is 15.5 Å². The highest BCUT2D eigenvalue weighted by atomic mass is 35.5. The zero-order valence-corrected chi connectivity index (χ0v) is 22.3. The van der Waals surface area contributed by atoms with Crippen molar-refractivity contribution in [3.8, 4) is 11.1 Å². The van der Waals surface area contributed by atoms with E-state index in [-0.39, 0.29) is 23.5 Å². The minimum Gasteiger partial charge on any atom is -0.347 e. The summed E-state index contributed by atoms with van der Waals surface area (Å²) in [5.41, 5.74) is -2.24. The zero-order chi connectivity index (χ0) is 26.9. The molecule has 1 saturated heterocycles. The Bertz CT molecular complexity index is 1460. The van der Waals surface area contributed by atoms with Crippen LogP contribution < -0.4 is 10.9 Å². The van der Waals surface area contributed by atoms with Gasteiger partial charge in [-0.15, -0.1) is 0 Å². The lowest BCUT2D eigenvalue weighted by Crippen LogP contribution is -2.53. The number of benzene rings is 1. The van der Waals surface area contributed by atoms with Crippen LogP contribution in [0, 0.1) is 0 Å². The van der Waals surface area contributed by atoms with Crippen LogP contribution in [0.1, 0.15) is 19.8 Å². The second kappa shape index (κ2) is 10.4. The molecule has 2 aromatic rings. The van der Waals surface area contributed by atoms with E-state index in [4.69, 9.17) is 11.6 Å². The van der Waals surface area contributed by atoms with Crippen molar-refractivity contribution in [1.82, 2.24) is 14.2 Å². The average molecular weight is 560 g/mol. The molecule has 1 fully saturated rings. The van der Waals surface area contributed by atoms with Gasteiger partial charge in [-0.25, -0.2) is 21.2 Å². The lowest BCUT2D eigenvalue weighted by atomic mass is 9.93. The smallest absolute Gasteiger partial charge is 0.258 e. The van der Waals surface area contributed by atoms with Crippen LogP contribution in [0.4, 0.5) is 4.39 Å². The van der Waals surface area contributed by atoms with Crippen molar-refractivity contribution in [3.05, 3.63) is 63.4 Å². The number of carbonyl (C=O) groups is 1. The molecule has 36 heavy (non-hydrogen) atoms. The van der Waals surface area contributed by atoms with Gasteiger partial charge in [0.05, 0.1) is 4.90 Å². The Morgan fingerprint density at radius 3 is 2.36 bits per heavy atom. The summed E-state index contributed by atoms with van der Waals surface area (Å²) in [5, 5.41) is 3.62. The van der Waals surface area contributed by atoms with Crippen LogP contribution in [-0.2, 0) is 31.7 Å². The molecule has 13 heteroatoms. The van der Waals surface area contributed by atoms with E-state index < -0.39 is 55.9 Å². The summed E-state index contributed by atoms with van der Waals surface area (Å²) in [6.07, 6.45) is 2.78. The molecule has 0 aliphatic carbocycles. The van der Waals surface area contributed by atoms with Crippen molar-refractivity contribution in [2.24, 2.45) is 7.05 Å². The number of alkyl halides is 1. The first-order chi connectivity index (χ1) is 16.6. The van der Waals surface area contributed by atoms with Crippen molar-refractivity contribution in [1.29, 1.82) is 0 Å². The Morgan fingerprint density at radius 2 is 1.78 bits per heavy atom. The Balaban J connectivity index is 1.84. The molecule has 9 nitrogen and oxygen atoms in total. The number of hydrogen-bond donors (Lipinski definition) is 1. The fraction of sp³-hybridized carbons (Fsp3) is 0.391. The fourth-order valence-corrected chi connectivity index (χ4v) is 6.19. The van der Waals surface area contributed by atoms with Gasteiger partial charge in [-0.3, -0.25) is 9.59 Å². The van der Waals surface area contributed by atoms with Crippen LogP contribution in [0.15, 0.2) is 57.7 Å². The standard InChI is InChI=1S/C23H27ClFN3O6S2/c1-16(8-13-35(3,31)32)26-22(30)23(25)9-11-28(12-10-23)36(33,34)20-14-21(29)27(2)15-18(20)17-6-4-5-7-19(17)24/h4-8,13-16H,9-12H2,1-3H3,(H,26,30)/b13-8-/t16-/m1/s1. The number of aromatic nitrogens is 1. The number of nitrogens with zero attached hydrogens (tertiary/aromatic N) is 2. The fourth-order valence-electron chi connectivity index (χ4n) is 3.80. The largest absolute Gasteiger partial charge is 0.347 e. The second-order valence-electron chi connectivity index (χ2n) is 8.77. The molecule has 0 unspecified atom stereocenters. The highest BCUT2D eigenvalue weighted by Gasteiger charge is 2.45. The summed E-state index contributed by atoms with van der Waals surface area (Å²) in [4.78, 5) is 24.6. The number of rotatable bonds is 7. The van der Waals surface area contributed by atoms with Gasteiger partial charge in [0.2, 0.25) is 10.0 Å². The van der Waals surface area contributed by atoms with Crippen LogP contribution in [0.25, 0.3) is 11.1 Å². The molecule has 1 aliphatic heterocycles. The maximum atomic E-state index is 15.4. The number of sulfone groups is 1. The SMILES string of the molecule is C[C@H](/C=C\S(C)(=O)=O)NC(=O)C1(F)CCN(S(=O)(=O)c2cc(=O)n(C)cc2-c2ccccc2Cl)CC1. The number of carbonyl (C=O) groups excluding carboxylic acids is 1. The van der Waals surface area contributed by atoms with Gasteiger partial charge < -0.3 is 9.88 Å². The summed E-state index contributed by atoms with van der Waals surface area (Å²) < 4.78 is 67.3. The molecule has 3 rings (SSSR count). The van der Waals surface area contributed by atoms with Gasteiger partial charge in [0.1, 0.15) is 0 Å². The first-order valence-electron chi connectivity index (χ1n) is 11.0. The molecule has 1 atom stereocenters. The molecule has 0 bridgehead atoms. The molecule has 0 radical (unpaired) electrons. The van der Waals surface area contributed by atoms with Gasteiger partial charge in [0, 0.05) is 79.1 Å². The molecule has 0 saturated carbocycles. The van der Waals surface area contributed by atoms with Gasteiger partial charge in [-0.2, -0.15) is 4.31 Å². The first-order valence-corrected chi connectivity index (χ1v) is 14.8. The summed E-state index contributed by atoms with van der Waals surface area (Å²) in [6.45, 7) is 0.905. The van der Waals surface area contributed by atoms with Crippen LogP contribution in [0.5, 0.6) is 0 Å². The normalized spacial score (nSPS) is 17.7. The molecular weight excluding hydrogens is 533 g/mol. The number of sulfonamides is 1. The van der Waals surface area contributed by atoms with Crippen LogP contribution >= 0.6 is 11.6 Å². The summed E-state index contributed by atoms with van der Waals surface area (Å²) in [5.74, 6) is -0.949. The average Bonchev–Trinajstić information content (AvgIpc) is 2.79. The van der Waals surface area contributed by atoms with E-state index in [0.29, 0.717) is 10.6 Å². The van der Waals surface area contributed by atoms with E-state index in [2.05, 4.69) is 5.32 Å². The highest BCUT2D eigenvalue weighted by molar-refractivity contribution is 7.93. The molecule has 1 aromatic carbocycles. The minimum absolute atomic E-state index is 0.226. The monoisotopic (exact) mass is 559 g/mol. The van der Waals surface area contributed by atoms with Crippen molar-refractivity contribution in [3.63, 3.8) is 0 Å². The minimum atomic E-state index is -4.24. The first kappa shape index (κ1) is 28.0. The number of aryl methyl sites for hydroxylation is 1. The van der Waals surface area contributed by atoms with E-state index in [1.54, 1.807) is 24.3 Å². The van der Waals surface area contributed by atoms with Gasteiger partial charge in [-0.05, 0) is 13.0 Å². The van der Waals surface area contributed by atoms with E-state index in [9.17, 15) is 26.4 Å². The second-order valence-corrected chi connectivity index (χ2v) is 13.0. The lowest BCUT2D eigenvalue weighted by Gasteiger charge is -2.35. The van der Waals surface area contributed by atoms with E-state index in [0.717, 1.165) is 22.0 Å². The van der Waals surface area contributed by atoms with Crippen molar-refractivity contribution >= 4 is 37.4 Å². The highest BCUT2D eigenvalue weighted by Crippen LogP contribution is 2.35. The molecule has 196 valence electrons. The molecule has 0 spiro atoms. The van der Waals surface area contributed by atoms with Crippen molar-refractivity contribution in [2.75, 3.05) is 19.3 Å².